The summed E-state index contributed by atoms with van der Waals surface area (Å²) < 4.78 is 21.8. The molecule has 2 aromatic rings. The number of ether oxygens (including phenoxy) is 3. The number of aromatic nitrogens is 2. The molecule has 31 heavy (non-hydrogen) atoms. The first-order valence-electron chi connectivity index (χ1n) is 10.5. The van der Waals surface area contributed by atoms with E-state index < -0.39 is 5.60 Å². The molecule has 1 amide bonds. The van der Waals surface area contributed by atoms with Crippen LogP contribution in [0, 0.1) is 0 Å². The minimum atomic E-state index is -0.482. The molecule has 0 atom stereocenters. The molecule has 8 nitrogen and oxygen atoms in total. The number of rotatable bonds is 8. The first kappa shape index (κ1) is 23.6. The van der Waals surface area contributed by atoms with Gasteiger partial charge >= 0.3 is 6.09 Å². The number of thioether (sulfide) groups is 1. The Hall–Kier alpha value is -2.10. The van der Waals surface area contributed by atoms with Crippen molar-refractivity contribution in [2.45, 2.75) is 56.8 Å². The van der Waals surface area contributed by atoms with Crippen molar-refractivity contribution in [3.8, 4) is 11.5 Å². The van der Waals surface area contributed by atoms with Gasteiger partial charge in [0.1, 0.15) is 12.2 Å². The molecule has 9 heteroatoms. The first-order chi connectivity index (χ1) is 14.8. The summed E-state index contributed by atoms with van der Waals surface area (Å²) in [6.45, 7) is 7.85. The van der Waals surface area contributed by atoms with Crippen LogP contribution in [0.1, 0.15) is 39.4 Å². The van der Waals surface area contributed by atoms with Gasteiger partial charge < -0.3 is 23.6 Å². The molecule has 0 saturated carbocycles. The average Bonchev–Trinajstić information content (AvgIpc) is 3.21. The van der Waals surface area contributed by atoms with E-state index in [0.29, 0.717) is 24.8 Å². The molecule has 1 aromatic carbocycles. The molecule has 2 heterocycles. The van der Waals surface area contributed by atoms with Gasteiger partial charge in [-0.1, -0.05) is 5.16 Å². The van der Waals surface area contributed by atoms with Crippen molar-refractivity contribution in [1.29, 1.82) is 0 Å². The van der Waals surface area contributed by atoms with Crippen LogP contribution in [0.25, 0.3) is 11.5 Å². The number of nitrogens with zero attached hydrogens (tertiary/aromatic N) is 3. The lowest BCUT2D eigenvalue weighted by atomic mass is 10.1. The Kier molecular flexibility index (Phi) is 8.34. The first-order valence-corrected chi connectivity index (χ1v) is 11.5. The Balaban J connectivity index is 1.43. The van der Waals surface area contributed by atoms with Gasteiger partial charge in [-0.05, 0) is 57.9 Å². The van der Waals surface area contributed by atoms with E-state index in [-0.39, 0.29) is 18.8 Å². The van der Waals surface area contributed by atoms with Crippen molar-refractivity contribution in [3.63, 3.8) is 0 Å². The van der Waals surface area contributed by atoms with Gasteiger partial charge in [0.2, 0.25) is 0 Å². The van der Waals surface area contributed by atoms with E-state index in [0.717, 1.165) is 30.8 Å². The van der Waals surface area contributed by atoms with E-state index in [1.165, 1.54) is 4.90 Å². The number of carbonyl (C=O) groups is 1. The Bertz CT molecular complexity index is 826. The van der Waals surface area contributed by atoms with Gasteiger partial charge in [-0.15, -0.1) is 11.8 Å². The van der Waals surface area contributed by atoms with Crippen LogP contribution in [0.2, 0.25) is 0 Å². The molecule has 170 valence electrons. The molecular formula is C22H31N3O5S. The second-order valence-corrected chi connectivity index (χ2v) is 9.53. The smallest absolute Gasteiger partial charge is 0.410 e. The van der Waals surface area contributed by atoms with Crippen molar-refractivity contribution < 1.29 is 23.5 Å². The Morgan fingerprint density at radius 3 is 2.58 bits per heavy atom. The zero-order valence-corrected chi connectivity index (χ0v) is 19.4. The SMILES string of the molecule is COCCSc1ccc(-c2nc(COC3CCN(C(=O)OC(C)(C)C)CC3)no2)cc1. The number of likely N-dealkylation sites (tertiary alicyclic amines) is 1. The van der Waals surface area contributed by atoms with Crippen LogP contribution in [0.3, 0.4) is 0 Å². The molecule has 1 aliphatic heterocycles. The van der Waals surface area contributed by atoms with Gasteiger partial charge in [0.25, 0.3) is 5.89 Å². The summed E-state index contributed by atoms with van der Waals surface area (Å²) in [4.78, 5) is 19.5. The minimum absolute atomic E-state index is 0.0593. The van der Waals surface area contributed by atoms with Gasteiger partial charge in [0, 0.05) is 36.4 Å². The van der Waals surface area contributed by atoms with E-state index >= 15 is 0 Å². The van der Waals surface area contributed by atoms with E-state index in [1.54, 1.807) is 23.8 Å². The monoisotopic (exact) mass is 449 g/mol. The fourth-order valence-corrected chi connectivity index (χ4v) is 3.90. The molecule has 0 spiro atoms. The number of amides is 1. The van der Waals surface area contributed by atoms with Gasteiger partial charge in [0.15, 0.2) is 5.82 Å². The quantitative estimate of drug-likeness (QED) is 0.433. The summed E-state index contributed by atoms with van der Waals surface area (Å²) in [5, 5.41) is 4.03. The summed E-state index contributed by atoms with van der Waals surface area (Å²) in [6, 6.07) is 8.02. The van der Waals surface area contributed by atoms with Crippen LogP contribution in [-0.4, -0.2) is 65.4 Å². The van der Waals surface area contributed by atoms with Crippen molar-refractivity contribution in [2.75, 3.05) is 32.6 Å². The van der Waals surface area contributed by atoms with Crippen molar-refractivity contribution in [3.05, 3.63) is 30.1 Å². The zero-order chi connectivity index (χ0) is 22.3. The van der Waals surface area contributed by atoms with E-state index in [9.17, 15) is 4.79 Å². The lowest BCUT2D eigenvalue weighted by molar-refractivity contribution is -0.0190. The number of hydrogen-bond donors (Lipinski definition) is 0. The molecule has 0 N–H and O–H groups in total. The Morgan fingerprint density at radius 1 is 1.23 bits per heavy atom. The summed E-state index contributed by atoms with van der Waals surface area (Å²) in [5.74, 6) is 1.91. The number of benzene rings is 1. The predicted molar refractivity (Wildman–Crippen MR) is 118 cm³/mol. The summed E-state index contributed by atoms with van der Waals surface area (Å²) >= 11 is 1.74. The molecule has 0 bridgehead atoms. The molecule has 1 saturated heterocycles. The third kappa shape index (κ3) is 7.52. The molecule has 3 rings (SSSR count). The molecule has 1 aliphatic rings. The van der Waals surface area contributed by atoms with Crippen LogP contribution in [0.4, 0.5) is 4.79 Å². The predicted octanol–water partition coefficient (Wildman–Crippen LogP) is 4.39. The zero-order valence-electron chi connectivity index (χ0n) is 18.6. The molecule has 0 radical (unpaired) electrons. The van der Waals surface area contributed by atoms with Crippen LogP contribution in [0.15, 0.2) is 33.7 Å². The van der Waals surface area contributed by atoms with E-state index in [1.807, 2.05) is 45.0 Å². The highest BCUT2D eigenvalue weighted by Gasteiger charge is 2.27. The van der Waals surface area contributed by atoms with E-state index in [4.69, 9.17) is 18.7 Å². The largest absolute Gasteiger partial charge is 0.444 e. The highest BCUT2D eigenvalue weighted by atomic mass is 32.2. The molecule has 0 aliphatic carbocycles. The summed E-state index contributed by atoms with van der Waals surface area (Å²) in [6.07, 6.45) is 1.30. The van der Waals surface area contributed by atoms with Crippen molar-refractivity contribution in [2.24, 2.45) is 0 Å². The van der Waals surface area contributed by atoms with E-state index in [2.05, 4.69) is 10.1 Å². The van der Waals surface area contributed by atoms with Gasteiger partial charge in [-0.3, -0.25) is 0 Å². The second kappa shape index (κ2) is 11.0. The Morgan fingerprint density at radius 2 is 1.94 bits per heavy atom. The molecule has 1 fully saturated rings. The van der Waals surface area contributed by atoms with Crippen LogP contribution >= 0.6 is 11.8 Å². The molecular weight excluding hydrogens is 418 g/mol. The maximum atomic E-state index is 12.1. The van der Waals surface area contributed by atoms with Crippen LogP contribution in [-0.2, 0) is 20.8 Å². The fourth-order valence-electron chi connectivity index (χ4n) is 3.09. The molecule has 0 unspecified atom stereocenters. The summed E-state index contributed by atoms with van der Waals surface area (Å²) in [7, 11) is 1.70. The van der Waals surface area contributed by atoms with Gasteiger partial charge in [0.05, 0.1) is 12.7 Å². The summed E-state index contributed by atoms with van der Waals surface area (Å²) in [5.41, 5.74) is 0.393. The third-order valence-corrected chi connectivity index (χ3v) is 5.64. The number of piperidine rings is 1. The number of carbonyl (C=O) groups excluding carboxylic acids is 1. The second-order valence-electron chi connectivity index (χ2n) is 8.36. The highest BCUT2D eigenvalue weighted by Crippen LogP contribution is 2.24. The van der Waals surface area contributed by atoms with Gasteiger partial charge in [-0.2, -0.15) is 4.98 Å². The highest BCUT2D eigenvalue weighted by molar-refractivity contribution is 7.99. The normalized spacial score (nSPS) is 15.3. The maximum absolute atomic E-state index is 12.1. The van der Waals surface area contributed by atoms with Gasteiger partial charge in [-0.25, -0.2) is 4.79 Å². The lowest BCUT2D eigenvalue weighted by Crippen LogP contribution is -2.43. The van der Waals surface area contributed by atoms with Crippen LogP contribution < -0.4 is 0 Å². The maximum Gasteiger partial charge on any atom is 0.410 e. The molecule has 1 aromatic heterocycles. The third-order valence-electron chi connectivity index (χ3n) is 4.67. The number of hydrogen-bond acceptors (Lipinski definition) is 8. The minimum Gasteiger partial charge on any atom is -0.444 e. The van der Waals surface area contributed by atoms with Crippen molar-refractivity contribution in [1.82, 2.24) is 15.0 Å². The lowest BCUT2D eigenvalue weighted by Gasteiger charge is -2.33. The number of methoxy groups -OCH3 is 1. The standard InChI is InChI=1S/C22H31N3O5S/c1-22(2,3)29-21(26)25-11-9-17(10-12-25)28-15-19-23-20(30-24-19)16-5-7-18(8-6-16)31-14-13-27-4/h5-8,17H,9-15H2,1-4H3. The van der Waals surface area contributed by atoms with Crippen LogP contribution in [0.5, 0.6) is 0 Å². The Labute approximate surface area is 187 Å². The van der Waals surface area contributed by atoms with Crippen molar-refractivity contribution >= 4 is 17.9 Å². The fraction of sp³-hybridized carbons (Fsp3) is 0.591. The topological polar surface area (TPSA) is 86.9 Å². The average molecular weight is 450 g/mol.